The number of rotatable bonds is 3. The lowest BCUT2D eigenvalue weighted by atomic mass is 9.62. The lowest BCUT2D eigenvalue weighted by Crippen LogP contribution is -2.31. The van der Waals surface area contributed by atoms with Crippen molar-refractivity contribution >= 4 is 27.8 Å². The number of pyridine rings is 1. The van der Waals surface area contributed by atoms with Gasteiger partial charge in [0, 0.05) is 11.6 Å². The maximum Gasteiger partial charge on any atom is 0.0749 e. The number of aromatic nitrogens is 1. The van der Waals surface area contributed by atoms with E-state index in [0.29, 0.717) is 11.8 Å². The van der Waals surface area contributed by atoms with E-state index in [1.54, 1.807) is 0 Å². The second kappa shape index (κ2) is 6.39. The summed E-state index contributed by atoms with van der Waals surface area (Å²) < 4.78 is 0. The zero-order valence-corrected chi connectivity index (χ0v) is 16.2. The van der Waals surface area contributed by atoms with E-state index in [1.807, 2.05) is 6.20 Å². The molecule has 0 N–H and O–H groups in total. The van der Waals surface area contributed by atoms with Gasteiger partial charge in [0.05, 0.1) is 5.52 Å². The van der Waals surface area contributed by atoms with E-state index in [9.17, 15) is 0 Å². The van der Waals surface area contributed by atoms with E-state index < -0.39 is 0 Å². The SMILES string of the molecule is CC=CC(C)(C(C)C)C1CC=Cc2c1c1ncccc1c1ccccc21. The van der Waals surface area contributed by atoms with E-state index >= 15 is 0 Å². The van der Waals surface area contributed by atoms with Gasteiger partial charge in [-0.05, 0) is 58.6 Å². The first-order valence-electron chi connectivity index (χ1n) is 9.67. The van der Waals surface area contributed by atoms with Crippen LogP contribution >= 0.6 is 0 Å². The fourth-order valence-corrected chi connectivity index (χ4v) is 4.67. The summed E-state index contributed by atoms with van der Waals surface area (Å²) in [5.41, 5.74) is 4.06. The van der Waals surface area contributed by atoms with Gasteiger partial charge in [-0.2, -0.15) is 0 Å². The van der Waals surface area contributed by atoms with Gasteiger partial charge < -0.3 is 0 Å². The zero-order chi connectivity index (χ0) is 18.3. The van der Waals surface area contributed by atoms with E-state index in [0.717, 1.165) is 6.42 Å². The van der Waals surface area contributed by atoms with Gasteiger partial charge in [-0.1, -0.05) is 75.4 Å². The smallest absolute Gasteiger partial charge is 0.0749 e. The van der Waals surface area contributed by atoms with Gasteiger partial charge in [0.15, 0.2) is 0 Å². The fourth-order valence-electron chi connectivity index (χ4n) is 4.67. The van der Waals surface area contributed by atoms with Crippen molar-refractivity contribution in [2.75, 3.05) is 0 Å². The van der Waals surface area contributed by atoms with E-state index in [2.05, 4.69) is 88.4 Å². The maximum absolute atomic E-state index is 4.87. The monoisotopic (exact) mass is 341 g/mol. The molecule has 0 saturated carbocycles. The largest absolute Gasteiger partial charge is 0.256 e. The van der Waals surface area contributed by atoms with E-state index in [4.69, 9.17) is 4.98 Å². The van der Waals surface area contributed by atoms with Crippen LogP contribution in [0.25, 0.3) is 27.8 Å². The van der Waals surface area contributed by atoms with Crippen molar-refractivity contribution in [3.63, 3.8) is 0 Å². The molecular weight excluding hydrogens is 314 g/mol. The van der Waals surface area contributed by atoms with Crippen LogP contribution < -0.4 is 0 Å². The van der Waals surface area contributed by atoms with Crippen molar-refractivity contribution in [3.8, 4) is 0 Å². The Labute approximate surface area is 156 Å². The van der Waals surface area contributed by atoms with E-state index in [1.165, 1.54) is 32.8 Å². The predicted octanol–water partition coefficient (Wildman–Crippen LogP) is 7.13. The Hall–Kier alpha value is -2.41. The molecule has 0 bridgehead atoms. The molecule has 0 spiro atoms. The molecule has 3 aromatic rings. The normalized spacial score (nSPS) is 19.3. The summed E-state index contributed by atoms with van der Waals surface area (Å²) in [6, 6.07) is 13.0. The third-order valence-corrected chi connectivity index (χ3v) is 6.39. The van der Waals surface area contributed by atoms with Crippen LogP contribution in [-0.2, 0) is 0 Å². The first-order chi connectivity index (χ1) is 12.6. The number of hydrogen-bond donors (Lipinski definition) is 0. The molecular formula is C25H27N. The minimum Gasteiger partial charge on any atom is -0.256 e. The number of nitrogens with zero attached hydrogens (tertiary/aromatic N) is 1. The highest BCUT2D eigenvalue weighted by atomic mass is 14.7. The Kier molecular flexibility index (Phi) is 4.19. The van der Waals surface area contributed by atoms with Gasteiger partial charge >= 0.3 is 0 Å². The van der Waals surface area contributed by atoms with Crippen LogP contribution in [0.15, 0.2) is 60.8 Å². The summed E-state index contributed by atoms with van der Waals surface area (Å²) in [6.07, 6.45) is 12.3. The van der Waals surface area contributed by atoms with Gasteiger partial charge in [-0.15, -0.1) is 0 Å². The molecule has 4 rings (SSSR count). The second-order valence-electron chi connectivity index (χ2n) is 7.98. The van der Waals surface area contributed by atoms with Crippen molar-refractivity contribution in [3.05, 3.63) is 72.0 Å². The first kappa shape index (κ1) is 17.0. The topological polar surface area (TPSA) is 12.9 Å². The lowest BCUT2D eigenvalue weighted by molar-refractivity contribution is 0.236. The van der Waals surface area contributed by atoms with Gasteiger partial charge in [-0.25, -0.2) is 0 Å². The van der Waals surface area contributed by atoms with Crippen molar-refractivity contribution in [1.82, 2.24) is 4.98 Å². The molecule has 0 fully saturated rings. The standard InChI is InChI=1S/C25H27N/c1-5-15-25(4,17(2)3)22-14-8-12-20-18-10-6-7-11-19(18)21-13-9-16-26-24(21)23(20)22/h5-13,15-17,22H,14H2,1-4H3. The third kappa shape index (κ3) is 2.41. The summed E-state index contributed by atoms with van der Waals surface area (Å²) in [5.74, 6) is 0.981. The maximum atomic E-state index is 4.87. The van der Waals surface area contributed by atoms with Crippen LogP contribution in [0.5, 0.6) is 0 Å². The molecule has 1 aliphatic rings. The molecule has 1 heteroatoms. The number of fused-ring (bicyclic) bond motifs is 6. The molecule has 0 amide bonds. The molecule has 0 aliphatic heterocycles. The highest BCUT2D eigenvalue weighted by molar-refractivity contribution is 6.12. The van der Waals surface area contributed by atoms with Gasteiger partial charge in [-0.3, -0.25) is 4.98 Å². The van der Waals surface area contributed by atoms with Crippen LogP contribution in [0.3, 0.4) is 0 Å². The molecule has 1 aromatic heterocycles. The Morgan fingerprint density at radius 1 is 1.08 bits per heavy atom. The summed E-state index contributed by atoms with van der Waals surface area (Å²) in [5, 5.41) is 3.92. The van der Waals surface area contributed by atoms with Gasteiger partial charge in [0.2, 0.25) is 0 Å². The van der Waals surface area contributed by atoms with Gasteiger partial charge in [0.25, 0.3) is 0 Å². The van der Waals surface area contributed by atoms with Crippen LogP contribution in [0.2, 0.25) is 0 Å². The quantitative estimate of drug-likeness (QED) is 0.365. The third-order valence-electron chi connectivity index (χ3n) is 6.39. The van der Waals surface area contributed by atoms with Gasteiger partial charge in [0.1, 0.15) is 0 Å². The van der Waals surface area contributed by atoms with Crippen molar-refractivity contribution in [2.45, 2.75) is 40.0 Å². The Morgan fingerprint density at radius 3 is 2.54 bits per heavy atom. The molecule has 2 unspecified atom stereocenters. The number of benzene rings is 2. The van der Waals surface area contributed by atoms with E-state index in [-0.39, 0.29) is 5.41 Å². The molecule has 0 saturated heterocycles. The summed E-state index contributed by atoms with van der Waals surface area (Å²) in [7, 11) is 0. The molecule has 1 nitrogen and oxygen atoms in total. The molecule has 1 heterocycles. The van der Waals surface area contributed by atoms with Crippen LogP contribution in [0, 0.1) is 11.3 Å². The molecule has 2 aromatic carbocycles. The van der Waals surface area contributed by atoms with Crippen LogP contribution in [0.4, 0.5) is 0 Å². The second-order valence-corrected chi connectivity index (χ2v) is 7.98. The highest BCUT2D eigenvalue weighted by Gasteiger charge is 2.38. The predicted molar refractivity (Wildman–Crippen MR) is 113 cm³/mol. The Balaban J connectivity index is 2.13. The summed E-state index contributed by atoms with van der Waals surface area (Å²) in [6.45, 7) is 9.23. The van der Waals surface area contributed by atoms with Crippen molar-refractivity contribution in [2.24, 2.45) is 11.3 Å². The number of allylic oxidation sites excluding steroid dienone is 3. The highest BCUT2D eigenvalue weighted by Crippen LogP contribution is 2.51. The zero-order valence-electron chi connectivity index (χ0n) is 16.2. The van der Waals surface area contributed by atoms with Crippen LogP contribution in [0.1, 0.15) is 51.2 Å². The minimum atomic E-state index is 0.0984. The fraction of sp³-hybridized carbons (Fsp3) is 0.320. The molecule has 1 aliphatic carbocycles. The minimum absolute atomic E-state index is 0.0984. The first-order valence-corrected chi connectivity index (χ1v) is 9.67. The van der Waals surface area contributed by atoms with Crippen molar-refractivity contribution in [1.29, 1.82) is 0 Å². The summed E-state index contributed by atoms with van der Waals surface area (Å²) in [4.78, 5) is 4.87. The lowest BCUT2D eigenvalue weighted by Gasteiger charge is -2.41. The molecule has 0 radical (unpaired) electrons. The molecule has 26 heavy (non-hydrogen) atoms. The average Bonchev–Trinajstić information content (AvgIpc) is 2.67. The number of hydrogen-bond acceptors (Lipinski definition) is 1. The Morgan fingerprint density at radius 2 is 1.81 bits per heavy atom. The molecule has 2 atom stereocenters. The van der Waals surface area contributed by atoms with Crippen LogP contribution in [-0.4, -0.2) is 4.98 Å². The average molecular weight is 341 g/mol. The molecule has 132 valence electrons. The summed E-state index contributed by atoms with van der Waals surface area (Å²) >= 11 is 0. The Bertz CT molecular complexity index is 1020. The van der Waals surface area contributed by atoms with Crippen molar-refractivity contribution < 1.29 is 0 Å².